The number of benzene rings is 2. The lowest BCUT2D eigenvalue weighted by molar-refractivity contribution is -0.122. The second-order valence-electron chi connectivity index (χ2n) is 7.35. The van der Waals surface area contributed by atoms with Crippen LogP contribution in [0.4, 0.5) is 0 Å². The van der Waals surface area contributed by atoms with Crippen molar-refractivity contribution in [2.45, 2.75) is 32.7 Å². The first-order valence-electron chi connectivity index (χ1n) is 10.8. The molecule has 2 aromatic carbocycles. The number of amides is 2. The predicted octanol–water partition coefficient (Wildman–Crippen LogP) is 2.31. The predicted molar refractivity (Wildman–Crippen MR) is 124 cm³/mol. The number of rotatable bonds is 9. The van der Waals surface area contributed by atoms with Crippen LogP contribution in [0.5, 0.6) is 11.5 Å². The smallest absolute Gasteiger partial charge is 0.290 e. The molecule has 3 rings (SSSR count). The Bertz CT molecular complexity index is 1300. The Morgan fingerprint density at radius 1 is 1.12 bits per heavy atom. The summed E-state index contributed by atoms with van der Waals surface area (Å²) in [5, 5.41) is 13.9. The Balaban J connectivity index is 1.55. The first kappa shape index (κ1) is 24.3. The molecule has 0 aliphatic heterocycles. The molecule has 0 saturated carbocycles. The van der Waals surface area contributed by atoms with Crippen LogP contribution < -0.4 is 25.9 Å². The molecule has 0 aliphatic rings. The van der Waals surface area contributed by atoms with E-state index in [1.807, 2.05) is 13.0 Å². The molecule has 176 valence electrons. The van der Waals surface area contributed by atoms with Crippen LogP contribution in [0.15, 0.2) is 47.3 Å². The number of carbonyl (C=O) groups is 2. The fraction of sp³-hybridized carbons (Fsp3) is 0.292. The van der Waals surface area contributed by atoms with Gasteiger partial charge in [-0.15, -0.1) is 0 Å². The maximum absolute atomic E-state index is 12.7. The van der Waals surface area contributed by atoms with Gasteiger partial charge in [-0.25, -0.2) is 4.68 Å². The van der Waals surface area contributed by atoms with Crippen LogP contribution in [-0.2, 0) is 11.3 Å². The molecule has 0 atom stereocenters. The van der Waals surface area contributed by atoms with Gasteiger partial charge in [-0.1, -0.05) is 25.1 Å². The molecule has 2 N–H and O–H groups in total. The minimum Gasteiger partial charge on any atom is -0.493 e. The molecule has 1 heterocycles. The Morgan fingerprint density at radius 2 is 1.88 bits per heavy atom. The van der Waals surface area contributed by atoms with E-state index in [1.54, 1.807) is 42.5 Å². The van der Waals surface area contributed by atoms with Crippen molar-refractivity contribution in [2.24, 2.45) is 0 Å². The van der Waals surface area contributed by atoms with E-state index in [2.05, 4.69) is 16.0 Å². The zero-order valence-corrected chi connectivity index (χ0v) is 19.0. The molecular weight excluding hydrogens is 438 g/mol. The fourth-order valence-electron chi connectivity index (χ4n) is 3.29. The zero-order chi connectivity index (χ0) is 24.5. The first-order valence-corrected chi connectivity index (χ1v) is 10.8. The van der Waals surface area contributed by atoms with Gasteiger partial charge in [0.15, 0.2) is 17.2 Å². The number of aromatic nitrogens is 2. The highest BCUT2D eigenvalue weighted by Gasteiger charge is 2.17. The number of nitrogens with one attached hydrogen (secondary N) is 2. The van der Waals surface area contributed by atoms with Crippen LogP contribution in [0.1, 0.15) is 42.2 Å². The summed E-state index contributed by atoms with van der Waals surface area (Å²) in [4.78, 5) is 37.4. The summed E-state index contributed by atoms with van der Waals surface area (Å²) < 4.78 is 12.1. The number of carbonyl (C=O) groups excluding carboxylic acids is 2. The summed E-state index contributed by atoms with van der Waals surface area (Å²) in [7, 11) is 1.48. The van der Waals surface area contributed by atoms with Gasteiger partial charge >= 0.3 is 0 Å². The van der Waals surface area contributed by atoms with Gasteiger partial charge in [-0.3, -0.25) is 25.2 Å². The summed E-state index contributed by atoms with van der Waals surface area (Å²) in [5.74, 6) is -0.127. The van der Waals surface area contributed by atoms with Gasteiger partial charge in [0.05, 0.1) is 30.7 Å². The van der Waals surface area contributed by atoms with Crippen LogP contribution >= 0.6 is 0 Å². The Hall–Kier alpha value is -4.39. The molecule has 0 radical (unpaired) electrons. The lowest BCUT2D eigenvalue weighted by Gasteiger charge is -2.12. The number of nitriles is 1. The Kier molecular flexibility index (Phi) is 8.18. The number of hydrogen-bond acceptors (Lipinski definition) is 7. The van der Waals surface area contributed by atoms with Gasteiger partial charge in [-0.2, -0.15) is 10.4 Å². The quantitative estimate of drug-likeness (QED) is 0.367. The summed E-state index contributed by atoms with van der Waals surface area (Å²) >= 11 is 0. The van der Waals surface area contributed by atoms with Gasteiger partial charge < -0.3 is 9.47 Å². The Morgan fingerprint density at radius 3 is 2.59 bits per heavy atom. The molecule has 0 unspecified atom stereocenters. The molecular formula is C24H25N5O5. The maximum atomic E-state index is 12.7. The highest BCUT2D eigenvalue weighted by atomic mass is 16.5. The van der Waals surface area contributed by atoms with E-state index < -0.39 is 11.8 Å². The number of hydrazine groups is 1. The second kappa shape index (κ2) is 11.5. The molecule has 0 aliphatic carbocycles. The van der Waals surface area contributed by atoms with Crippen molar-refractivity contribution in [3.8, 4) is 17.6 Å². The molecule has 10 heteroatoms. The molecule has 0 fully saturated rings. The zero-order valence-electron chi connectivity index (χ0n) is 19.0. The number of nitrogens with zero attached hydrogens (tertiary/aromatic N) is 3. The summed E-state index contributed by atoms with van der Waals surface area (Å²) in [5.41, 5.74) is 4.97. The minimum atomic E-state index is -0.618. The van der Waals surface area contributed by atoms with E-state index in [-0.39, 0.29) is 24.3 Å². The van der Waals surface area contributed by atoms with Gasteiger partial charge in [0.25, 0.3) is 11.5 Å². The Labute approximate surface area is 196 Å². The first-order chi connectivity index (χ1) is 16.5. The number of methoxy groups -OCH3 is 1. The van der Waals surface area contributed by atoms with E-state index in [1.165, 1.54) is 11.8 Å². The van der Waals surface area contributed by atoms with Crippen molar-refractivity contribution < 1.29 is 19.1 Å². The number of hydrogen-bond donors (Lipinski definition) is 2. The lowest BCUT2D eigenvalue weighted by atomic mass is 10.1. The van der Waals surface area contributed by atoms with E-state index in [4.69, 9.17) is 14.7 Å². The SMILES string of the molecule is CCCn1nc(C(=O)NNC(=O)CCCOc2ccc(C#N)cc2OC)c2ccccc2c1=O. The number of fused-ring (bicyclic) bond motifs is 1. The van der Waals surface area contributed by atoms with Crippen molar-refractivity contribution >= 4 is 22.6 Å². The van der Waals surface area contributed by atoms with Crippen molar-refractivity contribution in [3.05, 3.63) is 64.1 Å². The van der Waals surface area contributed by atoms with Crippen LogP contribution in [0, 0.1) is 11.3 Å². The highest BCUT2D eigenvalue weighted by molar-refractivity contribution is 6.05. The van der Waals surface area contributed by atoms with Gasteiger partial charge in [-0.05, 0) is 31.0 Å². The lowest BCUT2D eigenvalue weighted by Crippen LogP contribution is -2.42. The van der Waals surface area contributed by atoms with Crippen LogP contribution in [0.25, 0.3) is 10.8 Å². The van der Waals surface area contributed by atoms with E-state index in [0.29, 0.717) is 47.2 Å². The van der Waals surface area contributed by atoms with Crippen LogP contribution in [0.3, 0.4) is 0 Å². The molecule has 0 spiro atoms. The fourth-order valence-corrected chi connectivity index (χ4v) is 3.29. The average molecular weight is 463 g/mol. The third kappa shape index (κ3) is 5.69. The minimum absolute atomic E-state index is 0.0557. The molecule has 10 nitrogen and oxygen atoms in total. The second-order valence-corrected chi connectivity index (χ2v) is 7.35. The van der Waals surface area contributed by atoms with E-state index >= 15 is 0 Å². The molecule has 0 bridgehead atoms. The van der Waals surface area contributed by atoms with Gasteiger partial charge in [0.2, 0.25) is 5.91 Å². The molecule has 1 aromatic heterocycles. The van der Waals surface area contributed by atoms with Crippen molar-refractivity contribution in [3.63, 3.8) is 0 Å². The monoisotopic (exact) mass is 463 g/mol. The van der Waals surface area contributed by atoms with Crippen LogP contribution in [0.2, 0.25) is 0 Å². The van der Waals surface area contributed by atoms with Crippen molar-refractivity contribution in [2.75, 3.05) is 13.7 Å². The van der Waals surface area contributed by atoms with Crippen molar-refractivity contribution in [1.82, 2.24) is 20.6 Å². The standard InChI is InChI=1S/C24H25N5O5/c1-3-12-29-24(32)18-8-5-4-7-17(18)22(28-29)23(31)27-26-21(30)9-6-13-34-19-11-10-16(15-25)14-20(19)33-2/h4-5,7-8,10-11,14H,3,6,9,12-13H2,1-2H3,(H,26,30)(H,27,31). The van der Waals surface area contributed by atoms with Crippen LogP contribution in [-0.4, -0.2) is 35.3 Å². The largest absolute Gasteiger partial charge is 0.493 e. The van der Waals surface area contributed by atoms with Crippen molar-refractivity contribution in [1.29, 1.82) is 5.26 Å². The molecule has 0 saturated heterocycles. The summed E-state index contributed by atoms with van der Waals surface area (Å²) in [6, 6.07) is 13.6. The van der Waals surface area contributed by atoms with E-state index in [9.17, 15) is 14.4 Å². The molecule has 2 amide bonds. The third-order valence-electron chi connectivity index (χ3n) is 4.93. The maximum Gasteiger partial charge on any atom is 0.290 e. The number of aryl methyl sites for hydroxylation is 1. The topological polar surface area (TPSA) is 135 Å². The number of ether oxygens (including phenoxy) is 2. The molecule has 34 heavy (non-hydrogen) atoms. The highest BCUT2D eigenvalue weighted by Crippen LogP contribution is 2.27. The molecule has 3 aromatic rings. The summed E-state index contributed by atoms with van der Waals surface area (Å²) in [6.07, 6.45) is 1.16. The third-order valence-corrected chi connectivity index (χ3v) is 4.93. The summed E-state index contributed by atoms with van der Waals surface area (Å²) in [6.45, 7) is 2.52. The average Bonchev–Trinajstić information content (AvgIpc) is 2.87. The van der Waals surface area contributed by atoms with E-state index in [0.717, 1.165) is 0 Å². The van der Waals surface area contributed by atoms with Gasteiger partial charge in [0, 0.05) is 24.4 Å². The van der Waals surface area contributed by atoms with Gasteiger partial charge in [0.1, 0.15) is 0 Å². The normalized spacial score (nSPS) is 10.4.